The first-order valence-electron chi connectivity index (χ1n) is 12.4. The Hall–Kier alpha value is -2.78. The maximum atomic E-state index is 15.5. The lowest BCUT2D eigenvalue weighted by atomic mass is 9.79. The Bertz CT molecular complexity index is 1140. The number of hydrogen-bond acceptors (Lipinski definition) is 7. The molecule has 7 nitrogen and oxygen atoms in total. The Balaban J connectivity index is 1.35. The highest BCUT2D eigenvalue weighted by Crippen LogP contribution is 2.36. The van der Waals surface area contributed by atoms with Gasteiger partial charge in [-0.15, -0.1) is 11.8 Å². The fourth-order valence-corrected chi connectivity index (χ4v) is 5.91. The first kappa shape index (κ1) is 26.3. The first-order chi connectivity index (χ1) is 17.5. The highest BCUT2D eigenvalue weighted by atomic mass is 32.2. The summed E-state index contributed by atoms with van der Waals surface area (Å²) >= 11 is 1.68. The molecule has 192 valence electrons. The van der Waals surface area contributed by atoms with Crippen LogP contribution in [0.3, 0.4) is 0 Å². The maximum absolute atomic E-state index is 15.5. The minimum absolute atomic E-state index is 0.150. The Labute approximate surface area is 215 Å². The van der Waals surface area contributed by atoms with E-state index < -0.39 is 12.1 Å². The van der Waals surface area contributed by atoms with Gasteiger partial charge in [-0.1, -0.05) is 0 Å². The molecule has 2 aromatic heterocycles. The van der Waals surface area contributed by atoms with E-state index in [1.54, 1.807) is 49.7 Å². The average Bonchev–Trinajstić information content (AvgIpc) is 2.91. The molecule has 0 amide bonds. The number of pyridine rings is 1. The van der Waals surface area contributed by atoms with Crippen molar-refractivity contribution in [3.05, 3.63) is 54.6 Å². The molecule has 1 N–H and O–H groups in total. The van der Waals surface area contributed by atoms with Gasteiger partial charge in [0.2, 0.25) is 0 Å². The van der Waals surface area contributed by atoms with Crippen molar-refractivity contribution in [2.75, 3.05) is 32.5 Å². The maximum Gasteiger partial charge on any atom is 0.303 e. The second kappa shape index (κ2) is 13.0. The standard InChI is InChI=1S/C27H33FN4O3S/c1-35-21-4-6-25-23(16-21)22(8-10-30-25)24(28)5-2-19-9-13-32(18-20(19)3-7-27(33)34)14-15-36-26-17-29-11-12-31-26/h4,6,8,10-12,16-17,19-20,24H,2-3,5,7,9,13-15,18H2,1H3,(H,33,34)/t19-,20-,24-/m1/s1. The van der Waals surface area contributed by atoms with Crippen LogP contribution in [0.1, 0.15) is 43.8 Å². The lowest BCUT2D eigenvalue weighted by Crippen LogP contribution is -2.41. The van der Waals surface area contributed by atoms with Gasteiger partial charge in [-0.2, -0.15) is 0 Å². The van der Waals surface area contributed by atoms with E-state index in [0.29, 0.717) is 30.1 Å². The van der Waals surface area contributed by atoms with Gasteiger partial charge >= 0.3 is 5.97 Å². The van der Waals surface area contributed by atoms with Crippen LogP contribution in [0.5, 0.6) is 5.75 Å². The first-order valence-corrected chi connectivity index (χ1v) is 13.4. The number of carboxylic acid groups (broad SMARTS) is 1. The topological polar surface area (TPSA) is 88.4 Å². The number of hydrogen-bond donors (Lipinski definition) is 1. The summed E-state index contributed by atoms with van der Waals surface area (Å²) in [5.41, 5.74) is 1.39. The number of rotatable bonds is 12. The smallest absolute Gasteiger partial charge is 0.303 e. The minimum Gasteiger partial charge on any atom is -0.497 e. The monoisotopic (exact) mass is 512 g/mol. The van der Waals surface area contributed by atoms with Gasteiger partial charge in [0.05, 0.1) is 18.8 Å². The normalized spacial score (nSPS) is 19.3. The molecule has 1 saturated heterocycles. The minimum atomic E-state index is -1.11. The van der Waals surface area contributed by atoms with Crippen LogP contribution in [-0.2, 0) is 4.79 Å². The molecule has 0 spiro atoms. The van der Waals surface area contributed by atoms with Crippen LogP contribution < -0.4 is 4.74 Å². The van der Waals surface area contributed by atoms with E-state index in [1.807, 2.05) is 18.2 Å². The predicted octanol–water partition coefficient (Wildman–Crippen LogP) is 5.42. The number of aromatic nitrogens is 3. The molecule has 1 aromatic carbocycles. The largest absolute Gasteiger partial charge is 0.497 e. The lowest BCUT2D eigenvalue weighted by Gasteiger charge is -2.39. The van der Waals surface area contributed by atoms with Crippen molar-refractivity contribution in [3.8, 4) is 5.75 Å². The number of aliphatic carboxylic acids is 1. The summed E-state index contributed by atoms with van der Waals surface area (Å²) in [4.78, 5) is 26.5. The van der Waals surface area contributed by atoms with Crippen LogP contribution in [0.2, 0.25) is 0 Å². The van der Waals surface area contributed by atoms with Crippen LogP contribution in [0.15, 0.2) is 54.1 Å². The summed E-state index contributed by atoms with van der Waals surface area (Å²) < 4.78 is 20.8. The van der Waals surface area contributed by atoms with E-state index in [9.17, 15) is 9.90 Å². The predicted molar refractivity (Wildman–Crippen MR) is 139 cm³/mol. The van der Waals surface area contributed by atoms with Crippen molar-refractivity contribution >= 4 is 28.6 Å². The van der Waals surface area contributed by atoms with Gasteiger partial charge in [-0.3, -0.25) is 14.8 Å². The van der Waals surface area contributed by atoms with Crippen molar-refractivity contribution in [2.24, 2.45) is 11.8 Å². The Kier molecular flexibility index (Phi) is 9.47. The molecule has 0 radical (unpaired) electrons. The van der Waals surface area contributed by atoms with Crippen LogP contribution in [-0.4, -0.2) is 63.4 Å². The van der Waals surface area contributed by atoms with Gasteiger partial charge in [-0.25, -0.2) is 9.37 Å². The van der Waals surface area contributed by atoms with Gasteiger partial charge in [0.1, 0.15) is 16.9 Å². The molecule has 1 fully saturated rings. The zero-order valence-corrected chi connectivity index (χ0v) is 21.4. The number of carbonyl (C=O) groups is 1. The van der Waals surface area contributed by atoms with Crippen LogP contribution in [0, 0.1) is 11.8 Å². The number of carboxylic acids is 1. The van der Waals surface area contributed by atoms with Crippen molar-refractivity contribution in [2.45, 2.75) is 43.3 Å². The summed E-state index contributed by atoms with van der Waals surface area (Å²) in [5.74, 6) is 1.37. The van der Waals surface area contributed by atoms with Crippen molar-refractivity contribution < 1.29 is 19.0 Å². The van der Waals surface area contributed by atoms with Crippen LogP contribution in [0.4, 0.5) is 4.39 Å². The van der Waals surface area contributed by atoms with Crippen LogP contribution >= 0.6 is 11.8 Å². The van der Waals surface area contributed by atoms with E-state index in [2.05, 4.69) is 19.9 Å². The Morgan fingerprint density at radius 3 is 2.89 bits per heavy atom. The van der Waals surface area contributed by atoms with Gasteiger partial charge in [-0.05, 0) is 73.9 Å². The molecule has 36 heavy (non-hydrogen) atoms. The lowest BCUT2D eigenvalue weighted by molar-refractivity contribution is -0.137. The fraction of sp³-hybridized carbons (Fsp3) is 0.481. The number of ether oxygens (including phenoxy) is 1. The number of methoxy groups -OCH3 is 1. The van der Waals surface area contributed by atoms with Gasteiger partial charge in [0.15, 0.2) is 0 Å². The average molecular weight is 513 g/mol. The summed E-state index contributed by atoms with van der Waals surface area (Å²) in [6, 6.07) is 7.28. The molecule has 0 bridgehead atoms. The third kappa shape index (κ3) is 7.13. The summed E-state index contributed by atoms with van der Waals surface area (Å²) in [6.07, 6.45) is 8.55. The summed E-state index contributed by atoms with van der Waals surface area (Å²) in [7, 11) is 1.60. The summed E-state index contributed by atoms with van der Waals surface area (Å²) in [6.45, 7) is 2.71. The molecule has 3 heterocycles. The third-order valence-corrected chi connectivity index (χ3v) is 7.91. The van der Waals surface area contributed by atoms with E-state index in [0.717, 1.165) is 54.2 Å². The second-order valence-corrected chi connectivity index (χ2v) is 10.4. The highest BCUT2D eigenvalue weighted by molar-refractivity contribution is 7.99. The molecule has 1 aliphatic heterocycles. The molecular weight excluding hydrogens is 479 g/mol. The number of alkyl halides is 1. The Morgan fingerprint density at radius 1 is 1.22 bits per heavy atom. The van der Waals surface area contributed by atoms with Crippen molar-refractivity contribution in [1.29, 1.82) is 0 Å². The fourth-order valence-electron chi connectivity index (χ4n) is 5.08. The molecule has 1 aliphatic rings. The van der Waals surface area contributed by atoms with Gasteiger partial charge in [0, 0.05) is 49.2 Å². The summed E-state index contributed by atoms with van der Waals surface area (Å²) in [5, 5.41) is 11.0. The number of halogens is 1. The number of piperidine rings is 1. The molecule has 0 unspecified atom stereocenters. The molecule has 0 aliphatic carbocycles. The zero-order chi connectivity index (χ0) is 25.3. The molecule has 4 rings (SSSR count). The molecular formula is C27H33FN4O3S. The number of nitrogens with zero attached hydrogens (tertiary/aromatic N) is 4. The number of fused-ring (bicyclic) bond motifs is 1. The van der Waals surface area contributed by atoms with Gasteiger partial charge < -0.3 is 14.7 Å². The van der Waals surface area contributed by atoms with Crippen molar-refractivity contribution in [3.63, 3.8) is 0 Å². The van der Waals surface area contributed by atoms with Gasteiger partial charge in [0.25, 0.3) is 0 Å². The van der Waals surface area contributed by atoms with E-state index >= 15 is 4.39 Å². The molecule has 9 heteroatoms. The highest BCUT2D eigenvalue weighted by Gasteiger charge is 2.30. The van der Waals surface area contributed by atoms with Crippen molar-refractivity contribution in [1.82, 2.24) is 19.9 Å². The molecule has 0 saturated carbocycles. The van der Waals surface area contributed by atoms with E-state index in [-0.39, 0.29) is 12.3 Å². The van der Waals surface area contributed by atoms with E-state index in [4.69, 9.17) is 4.74 Å². The number of likely N-dealkylation sites (tertiary alicyclic amines) is 1. The van der Waals surface area contributed by atoms with Crippen LogP contribution in [0.25, 0.3) is 10.9 Å². The molecule has 3 aromatic rings. The van der Waals surface area contributed by atoms with E-state index in [1.165, 1.54) is 0 Å². The number of thioether (sulfide) groups is 1. The molecule has 3 atom stereocenters. The Morgan fingerprint density at radius 2 is 2.11 bits per heavy atom. The second-order valence-electron chi connectivity index (χ2n) is 9.26. The quantitative estimate of drug-likeness (QED) is 0.322. The number of benzene rings is 1. The third-order valence-electron chi connectivity index (χ3n) is 7.01. The SMILES string of the molecule is COc1ccc2nccc([C@H](F)CC[C@@H]3CCN(CCSc4cnccn4)C[C@H]3CCC(=O)O)c2c1. The zero-order valence-electron chi connectivity index (χ0n) is 20.6.